The summed E-state index contributed by atoms with van der Waals surface area (Å²) >= 11 is 6.04. The van der Waals surface area contributed by atoms with Crippen LogP contribution in [0.4, 0.5) is 0 Å². The molecule has 0 aliphatic heterocycles. The van der Waals surface area contributed by atoms with Crippen molar-refractivity contribution in [3.05, 3.63) is 22.8 Å². The number of fused-ring (bicyclic) bond motifs is 1. The lowest BCUT2D eigenvalue weighted by Gasteiger charge is -2.04. The van der Waals surface area contributed by atoms with Crippen molar-refractivity contribution >= 4 is 34.9 Å². The third-order valence-electron chi connectivity index (χ3n) is 2.77. The lowest BCUT2D eigenvalue weighted by molar-refractivity contribution is 0.0995. The molecule has 0 saturated carbocycles. The number of aromatic nitrogens is 2. The third kappa shape index (κ3) is 2.60. The van der Waals surface area contributed by atoms with Gasteiger partial charge in [0.2, 0.25) is 5.88 Å². The quantitative estimate of drug-likeness (QED) is 0.641. The number of methoxy groups -OCH3 is 1. The molecule has 0 aliphatic rings. The molecule has 0 aliphatic carbocycles. The van der Waals surface area contributed by atoms with Crippen LogP contribution in [0.1, 0.15) is 10.5 Å². The van der Waals surface area contributed by atoms with E-state index in [4.69, 9.17) is 16.3 Å². The van der Waals surface area contributed by atoms with Crippen LogP contribution in [0.3, 0.4) is 0 Å². The smallest absolute Gasteiger partial charge is 0.295 e. The number of hydrogen-bond acceptors (Lipinski definition) is 3. The highest BCUT2D eigenvalue weighted by Crippen LogP contribution is 2.28. The lowest BCUT2D eigenvalue weighted by Crippen LogP contribution is -2.11. The second-order valence-corrected chi connectivity index (χ2v) is 4.89. The largest absolute Gasteiger partial charge is 0.480 e. The first-order valence-electron chi connectivity index (χ1n) is 5.89. The van der Waals surface area contributed by atoms with Crippen LogP contribution in [0.2, 0.25) is 5.02 Å². The zero-order valence-electron chi connectivity index (χ0n) is 11.7. The maximum atomic E-state index is 12.0. The Bertz CT molecular complexity index is 691. The number of nitrogens with zero attached hydrogens (tertiary/aromatic N) is 4. The Morgan fingerprint density at radius 1 is 1.50 bits per heavy atom. The van der Waals surface area contributed by atoms with Gasteiger partial charge in [0.1, 0.15) is 10.7 Å². The molecule has 0 N–H and O–H groups in total. The van der Waals surface area contributed by atoms with Gasteiger partial charge in [0, 0.05) is 21.1 Å². The average Bonchev–Trinajstić information content (AvgIpc) is 2.72. The predicted molar refractivity (Wildman–Crippen MR) is 78.8 cm³/mol. The molecular formula is C13H15ClN4O2. The van der Waals surface area contributed by atoms with Crippen LogP contribution >= 0.6 is 11.6 Å². The molecule has 2 aromatic heterocycles. The van der Waals surface area contributed by atoms with Crippen molar-refractivity contribution in [3.8, 4) is 5.88 Å². The van der Waals surface area contributed by atoms with E-state index in [0.717, 1.165) is 5.52 Å². The number of halogens is 1. The van der Waals surface area contributed by atoms with Gasteiger partial charge >= 0.3 is 0 Å². The van der Waals surface area contributed by atoms with Gasteiger partial charge in [0.15, 0.2) is 0 Å². The maximum Gasteiger partial charge on any atom is 0.295 e. The summed E-state index contributed by atoms with van der Waals surface area (Å²) in [5.74, 6) is -0.00477. The summed E-state index contributed by atoms with van der Waals surface area (Å²) < 4.78 is 6.78. The number of ether oxygens (including phenoxy) is 1. The fourth-order valence-electron chi connectivity index (χ4n) is 1.79. The summed E-state index contributed by atoms with van der Waals surface area (Å²) in [5.41, 5.74) is 1.83. The highest BCUT2D eigenvalue weighted by Gasteiger charge is 2.15. The number of aliphatic imine (C=N–C) groups is 1. The molecule has 0 unspecified atom stereocenters. The van der Waals surface area contributed by atoms with Crippen molar-refractivity contribution in [1.82, 2.24) is 14.5 Å². The number of carbonyl (C=O) groups is 1. The van der Waals surface area contributed by atoms with Gasteiger partial charge in [-0.1, -0.05) is 11.6 Å². The maximum absolute atomic E-state index is 12.0. The van der Waals surface area contributed by atoms with Crippen molar-refractivity contribution in [1.29, 1.82) is 0 Å². The Morgan fingerprint density at radius 3 is 2.80 bits per heavy atom. The first kappa shape index (κ1) is 14.3. The van der Waals surface area contributed by atoms with Crippen molar-refractivity contribution in [2.24, 2.45) is 12.0 Å². The lowest BCUT2D eigenvalue weighted by atomic mass is 10.3. The van der Waals surface area contributed by atoms with E-state index >= 15 is 0 Å². The molecule has 0 bridgehead atoms. The van der Waals surface area contributed by atoms with E-state index in [1.54, 1.807) is 42.7 Å². The Labute approximate surface area is 121 Å². The van der Waals surface area contributed by atoms with Gasteiger partial charge in [-0.05, 0) is 12.1 Å². The van der Waals surface area contributed by atoms with E-state index in [0.29, 0.717) is 22.1 Å². The summed E-state index contributed by atoms with van der Waals surface area (Å²) in [4.78, 5) is 21.9. The number of amides is 1. The average molecular weight is 295 g/mol. The SMILES string of the molecule is COc1nc2cc(C(=O)/N=C/N(C)C)n(C)c2cc1Cl. The molecule has 1 amide bonds. The molecule has 0 spiro atoms. The zero-order chi connectivity index (χ0) is 14.9. The van der Waals surface area contributed by atoms with Gasteiger partial charge in [-0.15, -0.1) is 0 Å². The van der Waals surface area contributed by atoms with Crippen LogP contribution in [-0.4, -0.2) is 47.9 Å². The topological polar surface area (TPSA) is 59.7 Å². The summed E-state index contributed by atoms with van der Waals surface area (Å²) in [6.45, 7) is 0. The Hall–Kier alpha value is -2.08. The highest BCUT2D eigenvalue weighted by molar-refractivity contribution is 6.32. The summed E-state index contributed by atoms with van der Waals surface area (Å²) in [7, 11) is 6.86. The molecule has 0 radical (unpaired) electrons. The van der Waals surface area contributed by atoms with Crippen LogP contribution in [0.5, 0.6) is 5.88 Å². The highest BCUT2D eigenvalue weighted by atomic mass is 35.5. The molecule has 0 aromatic carbocycles. The van der Waals surface area contributed by atoms with E-state index in [1.165, 1.54) is 13.4 Å². The third-order valence-corrected chi connectivity index (χ3v) is 3.04. The Balaban J connectivity index is 2.51. The molecule has 0 saturated heterocycles. The Kier molecular flexibility index (Phi) is 3.94. The zero-order valence-corrected chi connectivity index (χ0v) is 12.5. The fraction of sp³-hybridized carbons (Fsp3) is 0.308. The van der Waals surface area contributed by atoms with E-state index in [-0.39, 0.29) is 5.91 Å². The summed E-state index contributed by atoms with van der Waals surface area (Å²) in [5, 5.41) is 0.400. The molecular weight excluding hydrogens is 280 g/mol. The van der Waals surface area contributed by atoms with Gasteiger partial charge < -0.3 is 14.2 Å². The molecule has 106 valence electrons. The minimum atomic E-state index is -0.339. The van der Waals surface area contributed by atoms with Gasteiger partial charge in [-0.2, -0.15) is 4.99 Å². The molecule has 2 heterocycles. The molecule has 6 nitrogen and oxygen atoms in total. The molecule has 2 aromatic rings. The van der Waals surface area contributed by atoms with E-state index in [1.807, 2.05) is 0 Å². The monoisotopic (exact) mass is 294 g/mol. The minimum Gasteiger partial charge on any atom is -0.480 e. The number of pyridine rings is 1. The van der Waals surface area contributed by atoms with Crippen molar-refractivity contribution in [3.63, 3.8) is 0 Å². The van der Waals surface area contributed by atoms with Crippen LogP contribution < -0.4 is 4.74 Å². The first-order valence-corrected chi connectivity index (χ1v) is 6.26. The summed E-state index contributed by atoms with van der Waals surface area (Å²) in [6, 6.07) is 3.39. The molecule has 7 heteroatoms. The molecule has 20 heavy (non-hydrogen) atoms. The normalized spacial score (nSPS) is 11.2. The Morgan fingerprint density at radius 2 is 2.20 bits per heavy atom. The van der Waals surface area contributed by atoms with Crippen molar-refractivity contribution < 1.29 is 9.53 Å². The second-order valence-electron chi connectivity index (χ2n) is 4.49. The van der Waals surface area contributed by atoms with Gasteiger partial charge in [0.25, 0.3) is 5.91 Å². The predicted octanol–water partition coefficient (Wildman–Crippen LogP) is 1.97. The molecule has 0 fully saturated rings. The second kappa shape index (κ2) is 5.50. The standard InChI is InChI=1S/C13H15ClN4O2/c1-17(2)7-15-12(19)11-6-9-10(18(11)3)5-8(14)13(16-9)20-4/h5-7H,1-4H3/b15-7+. The molecule has 2 rings (SSSR count). The number of carbonyl (C=O) groups excluding carboxylic acids is 1. The van der Waals surface area contributed by atoms with Crippen LogP contribution in [0.25, 0.3) is 11.0 Å². The van der Waals surface area contributed by atoms with Crippen LogP contribution in [0, 0.1) is 0 Å². The van der Waals surface area contributed by atoms with Crippen molar-refractivity contribution in [2.45, 2.75) is 0 Å². The number of rotatable bonds is 3. The molecule has 0 atom stereocenters. The van der Waals surface area contributed by atoms with E-state index < -0.39 is 0 Å². The first-order chi connectivity index (χ1) is 9.43. The fourth-order valence-corrected chi connectivity index (χ4v) is 2.01. The van der Waals surface area contributed by atoms with Crippen molar-refractivity contribution in [2.75, 3.05) is 21.2 Å². The van der Waals surface area contributed by atoms with E-state index in [2.05, 4.69) is 9.98 Å². The van der Waals surface area contributed by atoms with Gasteiger partial charge in [-0.25, -0.2) is 4.98 Å². The van der Waals surface area contributed by atoms with Crippen LogP contribution in [-0.2, 0) is 7.05 Å². The number of aryl methyl sites for hydroxylation is 1. The minimum absolute atomic E-state index is 0.334. The summed E-state index contributed by atoms with van der Waals surface area (Å²) in [6.07, 6.45) is 1.46. The van der Waals surface area contributed by atoms with E-state index in [9.17, 15) is 4.79 Å². The van der Waals surface area contributed by atoms with Gasteiger partial charge in [-0.3, -0.25) is 4.79 Å². The van der Waals surface area contributed by atoms with Gasteiger partial charge in [0.05, 0.1) is 24.5 Å². The number of hydrogen-bond donors (Lipinski definition) is 0. The van der Waals surface area contributed by atoms with Crippen LogP contribution in [0.15, 0.2) is 17.1 Å².